The first-order valence-corrected chi connectivity index (χ1v) is 9.81. The number of likely N-dealkylation sites (N-methyl/N-ethyl adjacent to an activating group) is 1. The fraction of sp³-hybridized carbons (Fsp3) is 0.364. The average Bonchev–Trinajstić information content (AvgIpc) is 3.25. The molecule has 0 bridgehead atoms. The number of anilines is 1. The summed E-state index contributed by atoms with van der Waals surface area (Å²) in [6.07, 6.45) is 1.43. The van der Waals surface area contributed by atoms with Crippen molar-refractivity contribution in [1.29, 1.82) is 0 Å². The molecule has 1 amide bonds. The van der Waals surface area contributed by atoms with Crippen molar-refractivity contribution in [2.75, 3.05) is 25.5 Å². The van der Waals surface area contributed by atoms with Crippen LogP contribution < -0.4 is 5.32 Å². The zero-order valence-electron chi connectivity index (χ0n) is 18.3. The molecule has 3 aromatic rings. The van der Waals surface area contributed by atoms with Crippen molar-refractivity contribution >= 4 is 17.4 Å². The predicted octanol–water partition coefficient (Wildman–Crippen LogP) is 2.89. The highest BCUT2D eigenvalue weighted by atomic mass is 16.2. The van der Waals surface area contributed by atoms with Crippen LogP contribution in [-0.4, -0.2) is 56.5 Å². The second kappa shape index (κ2) is 8.62. The van der Waals surface area contributed by atoms with E-state index in [2.05, 4.69) is 20.5 Å². The molecule has 0 saturated carbocycles. The summed E-state index contributed by atoms with van der Waals surface area (Å²) in [7, 11) is 1.77. The number of carbonyl (C=O) groups is 2. The number of aryl methyl sites for hydroxylation is 4. The van der Waals surface area contributed by atoms with Crippen molar-refractivity contribution in [2.45, 2.75) is 34.6 Å². The summed E-state index contributed by atoms with van der Waals surface area (Å²) in [5, 5.41) is 9.67. The number of benzene rings is 1. The molecule has 0 unspecified atom stereocenters. The lowest BCUT2D eigenvalue weighted by molar-refractivity contribution is -0.116. The fourth-order valence-corrected chi connectivity index (χ4v) is 3.87. The molecule has 0 radical (unpaired) electrons. The third-order valence-electron chi connectivity index (χ3n) is 5.11. The van der Waals surface area contributed by atoms with Gasteiger partial charge in [-0.2, -0.15) is 10.1 Å². The molecule has 158 valence electrons. The van der Waals surface area contributed by atoms with E-state index in [0.717, 1.165) is 33.8 Å². The van der Waals surface area contributed by atoms with E-state index in [-0.39, 0.29) is 24.8 Å². The minimum absolute atomic E-state index is 0.0492. The number of rotatable bonds is 7. The monoisotopic (exact) mass is 408 g/mol. The van der Waals surface area contributed by atoms with E-state index in [4.69, 9.17) is 0 Å². The van der Waals surface area contributed by atoms with Gasteiger partial charge in [-0.1, -0.05) is 17.7 Å². The minimum Gasteiger partial charge on any atom is -0.324 e. The number of carbonyl (C=O) groups excluding carboxylic acids is 2. The first kappa shape index (κ1) is 21.4. The van der Waals surface area contributed by atoms with Gasteiger partial charge in [0.05, 0.1) is 13.1 Å². The van der Waals surface area contributed by atoms with Gasteiger partial charge in [0, 0.05) is 22.6 Å². The van der Waals surface area contributed by atoms with Gasteiger partial charge in [0.25, 0.3) is 0 Å². The molecule has 0 aliphatic carbocycles. The van der Waals surface area contributed by atoms with Crippen LogP contribution in [0.2, 0.25) is 0 Å². The molecule has 30 heavy (non-hydrogen) atoms. The Kier molecular flexibility index (Phi) is 6.17. The van der Waals surface area contributed by atoms with Crippen LogP contribution in [0, 0.1) is 34.6 Å². The molecule has 2 aromatic heterocycles. The maximum Gasteiger partial charge on any atom is 0.238 e. The maximum absolute atomic E-state index is 12.9. The molecule has 8 heteroatoms. The van der Waals surface area contributed by atoms with Crippen LogP contribution in [0.15, 0.2) is 24.5 Å². The molecular formula is C22H28N6O2. The number of aromatic nitrogens is 4. The molecule has 0 atom stereocenters. The van der Waals surface area contributed by atoms with Gasteiger partial charge in [-0.25, -0.2) is 5.10 Å². The van der Waals surface area contributed by atoms with Crippen molar-refractivity contribution in [2.24, 2.45) is 0 Å². The lowest BCUT2D eigenvalue weighted by Gasteiger charge is -2.17. The predicted molar refractivity (Wildman–Crippen MR) is 116 cm³/mol. The van der Waals surface area contributed by atoms with E-state index in [9.17, 15) is 9.59 Å². The number of amides is 1. The molecule has 2 heterocycles. The van der Waals surface area contributed by atoms with Gasteiger partial charge in [0.1, 0.15) is 6.33 Å². The SMILES string of the molecule is Cc1cc(C)c(NC(=O)CN(C)CC(=O)c2cc(C)n(-c3ncn[nH]3)c2C)c(C)c1. The van der Waals surface area contributed by atoms with E-state index in [1.54, 1.807) is 11.9 Å². The number of nitrogens with zero attached hydrogens (tertiary/aromatic N) is 4. The van der Waals surface area contributed by atoms with Gasteiger partial charge in [-0.05, 0) is 58.9 Å². The lowest BCUT2D eigenvalue weighted by Crippen LogP contribution is -2.34. The molecule has 8 nitrogen and oxygen atoms in total. The summed E-state index contributed by atoms with van der Waals surface area (Å²) in [6, 6.07) is 5.92. The second-order valence-electron chi connectivity index (χ2n) is 7.85. The average molecular weight is 409 g/mol. The Hall–Kier alpha value is -3.26. The molecule has 0 aliphatic heterocycles. The second-order valence-corrected chi connectivity index (χ2v) is 7.85. The van der Waals surface area contributed by atoms with E-state index < -0.39 is 0 Å². The Labute approximate surface area is 176 Å². The third-order valence-corrected chi connectivity index (χ3v) is 5.11. The van der Waals surface area contributed by atoms with Crippen LogP contribution in [0.3, 0.4) is 0 Å². The third kappa shape index (κ3) is 4.49. The zero-order chi connectivity index (χ0) is 22.0. The molecule has 0 saturated heterocycles. The number of nitrogens with one attached hydrogen (secondary N) is 2. The Morgan fingerprint density at radius 2 is 1.73 bits per heavy atom. The number of hydrogen-bond donors (Lipinski definition) is 2. The van der Waals surface area contributed by atoms with Crippen molar-refractivity contribution in [1.82, 2.24) is 24.6 Å². The van der Waals surface area contributed by atoms with E-state index in [1.165, 1.54) is 6.33 Å². The molecular weight excluding hydrogens is 380 g/mol. The van der Waals surface area contributed by atoms with Crippen LogP contribution in [-0.2, 0) is 4.79 Å². The van der Waals surface area contributed by atoms with Gasteiger partial charge < -0.3 is 5.32 Å². The van der Waals surface area contributed by atoms with E-state index in [0.29, 0.717) is 11.5 Å². The molecule has 0 spiro atoms. The molecule has 2 N–H and O–H groups in total. The van der Waals surface area contributed by atoms with Gasteiger partial charge >= 0.3 is 0 Å². The van der Waals surface area contributed by atoms with Crippen LogP contribution in [0.5, 0.6) is 0 Å². The van der Waals surface area contributed by atoms with Gasteiger partial charge in [0.2, 0.25) is 11.9 Å². The van der Waals surface area contributed by atoms with Crippen molar-refractivity contribution in [3.05, 3.63) is 58.2 Å². The van der Waals surface area contributed by atoms with Crippen LogP contribution in [0.25, 0.3) is 5.95 Å². The summed E-state index contributed by atoms with van der Waals surface area (Å²) >= 11 is 0. The smallest absolute Gasteiger partial charge is 0.238 e. The highest BCUT2D eigenvalue weighted by molar-refractivity contribution is 6.00. The maximum atomic E-state index is 12.9. The quantitative estimate of drug-likeness (QED) is 0.586. The number of hydrogen-bond acceptors (Lipinski definition) is 5. The Bertz CT molecular complexity index is 1060. The van der Waals surface area contributed by atoms with Crippen LogP contribution >= 0.6 is 0 Å². The van der Waals surface area contributed by atoms with E-state index in [1.807, 2.05) is 57.4 Å². The molecule has 0 aliphatic rings. The lowest BCUT2D eigenvalue weighted by atomic mass is 10.1. The number of Topliss-reactive ketones (excluding diaryl/α,β-unsaturated/α-hetero) is 1. The Morgan fingerprint density at radius 1 is 1.07 bits per heavy atom. The summed E-state index contributed by atoms with van der Waals surface area (Å²) in [5.41, 5.74) is 6.34. The highest BCUT2D eigenvalue weighted by Gasteiger charge is 2.20. The van der Waals surface area contributed by atoms with Gasteiger partial charge in [-0.15, -0.1) is 0 Å². The summed E-state index contributed by atoms with van der Waals surface area (Å²) in [4.78, 5) is 31.3. The first-order valence-electron chi connectivity index (χ1n) is 9.81. The summed E-state index contributed by atoms with van der Waals surface area (Å²) < 4.78 is 1.86. The molecule has 1 aromatic carbocycles. The fourth-order valence-electron chi connectivity index (χ4n) is 3.87. The molecule has 3 rings (SSSR count). The van der Waals surface area contributed by atoms with E-state index >= 15 is 0 Å². The van der Waals surface area contributed by atoms with Crippen molar-refractivity contribution in [3.8, 4) is 5.95 Å². The standard InChI is InChI=1S/C22H28N6O2/c1-13-7-14(2)21(15(3)8-13)25-20(30)11-27(6)10-19(29)18-9-16(4)28(17(18)5)22-23-12-24-26-22/h7-9,12H,10-11H2,1-6H3,(H,25,30)(H,23,24,26). The Morgan fingerprint density at radius 3 is 2.33 bits per heavy atom. The molecule has 0 fully saturated rings. The summed E-state index contributed by atoms with van der Waals surface area (Å²) in [5.74, 6) is 0.375. The summed E-state index contributed by atoms with van der Waals surface area (Å²) in [6.45, 7) is 10.0. The zero-order valence-corrected chi connectivity index (χ0v) is 18.3. The number of aromatic amines is 1. The minimum atomic E-state index is -0.146. The van der Waals surface area contributed by atoms with Crippen LogP contribution in [0.1, 0.15) is 38.4 Å². The van der Waals surface area contributed by atoms with Crippen molar-refractivity contribution in [3.63, 3.8) is 0 Å². The van der Waals surface area contributed by atoms with Crippen molar-refractivity contribution < 1.29 is 9.59 Å². The number of ketones is 1. The van der Waals surface area contributed by atoms with Gasteiger partial charge in [-0.3, -0.25) is 19.1 Å². The number of H-pyrrole nitrogens is 1. The normalized spacial score (nSPS) is 11.2. The largest absolute Gasteiger partial charge is 0.324 e. The van der Waals surface area contributed by atoms with Crippen LogP contribution in [0.4, 0.5) is 5.69 Å². The topological polar surface area (TPSA) is 95.9 Å². The first-order chi connectivity index (χ1) is 14.2. The highest BCUT2D eigenvalue weighted by Crippen LogP contribution is 2.22. The van der Waals surface area contributed by atoms with Gasteiger partial charge in [0.15, 0.2) is 5.78 Å². The Balaban J connectivity index is 1.65.